The lowest BCUT2D eigenvalue weighted by molar-refractivity contribution is -0.139. The Morgan fingerprint density at radius 2 is 2.29 bits per heavy atom. The summed E-state index contributed by atoms with van der Waals surface area (Å²) < 4.78 is 0.831. The summed E-state index contributed by atoms with van der Waals surface area (Å²) in [6.45, 7) is 0. The molecule has 1 aromatic rings. The van der Waals surface area contributed by atoms with Gasteiger partial charge in [0.1, 0.15) is 0 Å². The number of fused-ring (bicyclic) bond motifs is 1. The third-order valence-corrected chi connectivity index (χ3v) is 3.06. The molecule has 1 heterocycles. The van der Waals surface area contributed by atoms with Gasteiger partial charge in [0.2, 0.25) is 0 Å². The molecule has 0 spiro atoms. The molecule has 74 valence electrons. The van der Waals surface area contributed by atoms with E-state index in [1.54, 1.807) is 12.1 Å². The molecule has 1 aromatic carbocycles. The first-order valence-electron chi connectivity index (χ1n) is 4.09. The molecule has 0 aromatic heterocycles. The molecule has 0 fully saturated rings. The molecule has 1 aliphatic rings. The Kier molecular flexibility index (Phi) is 2.20. The Balaban J connectivity index is 2.45. The van der Waals surface area contributed by atoms with E-state index in [0.717, 1.165) is 15.1 Å². The minimum absolute atomic E-state index is 0.322. The maximum absolute atomic E-state index is 10.8. The predicted octanol–water partition coefficient (Wildman–Crippen LogP) is 1.65. The summed E-state index contributed by atoms with van der Waals surface area (Å²) in [5, 5.41) is 19.2. The van der Waals surface area contributed by atoms with Crippen molar-refractivity contribution in [1.29, 1.82) is 0 Å². The van der Waals surface area contributed by atoms with Crippen LogP contribution in [-0.2, 0) is 11.2 Å². The number of halogens is 1. The molecular weight excluding hydrogens is 250 g/mol. The van der Waals surface area contributed by atoms with E-state index in [9.17, 15) is 10.0 Å². The van der Waals surface area contributed by atoms with Crippen molar-refractivity contribution in [2.75, 3.05) is 5.06 Å². The summed E-state index contributed by atoms with van der Waals surface area (Å²) in [5.74, 6) is -1.02. The van der Waals surface area contributed by atoms with Gasteiger partial charge in [0.05, 0.1) is 5.69 Å². The van der Waals surface area contributed by atoms with E-state index >= 15 is 0 Å². The number of carboxylic acids is 1. The number of aliphatic carboxylic acids is 1. The Labute approximate surface area is 88.9 Å². The maximum Gasteiger partial charge on any atom is 0.329 e. The molecule has 5 heteroatoms. The number of carboxylic acid groups (broad SMARTS) is 1. The summed E-state index contributed by atoms with van der Waals surface area (Å²) in [6.07, 6.45) is 0.322. The van der Waals surface area contributed by atoms with Gasteiger partial charge in [0.25, 0.3) is 0 Å². The van der Waals surface area contributed by atoms with Crippen molar-refractivity contribution in [3.8, 4) is 0 Å². The highest BCUT2D eigenvalue weighted by Crippen LogP contribution is 2.35. The van der Waals surface area contributed by atoms with Crippen molar-refractivity contribution >= 4 is 27.6 Å². The van der Waals surface area contributed by atoms with Crippen molar-refractivity contribution < 1.29 is 15.1 Å². The normalized spacial score (nSPS) is 19.6. The molecule has 14 heavy (non-hydrogen) atoms. The van der Waals surface area contributed by atoms with Crippen molar-refractivity contribution in [1.82, 2.24) is 0 Å². The second-order valence-electron chi connectivity index (χ2n) is 3.14. The predicted molar refractivity (Wildman–Crippen MR) is 53.5 cm³/mol. The Bertz CT molecular complexity index is 394. The van der Waals surface area contributed by atoms with Crippen LogP contribution in [0.1, 0.15) is 5.56 Å². The summed E-state index contributed by atoms with van der Waals surface area (Å²) >= 11 is 3.32. The van der Waals surface area contributed by atoms with E-state index in [1.807, 2.05) is 6.07 Å². The van der Waals surface area contributed by atoms with E-state index in [1.165, 1.54) is 0 Å². The summed E-state index contributed by atoms with van der Waals surface area (Å²) in [5.41, 5.74) is 1.40. The smallest absolute Gasteiger partial charge is 0.329 e. The van der Waals surface area contributed by atoms with Gasteiger partial charge in [-0.05, 0) is 17.7 Å². The lowest BCUT2D eigenvalue weighted by Gasteiger charge is -2.15. The number of nitrogens with zero attached hydrogens (tertiary/aromatic N) is 1. The molecule has 0 amide bonds. The third-order valence-electron chi connectivity index (χ3n) is 2.32. The van der Waals surface area contributed by atoms with Crippen molar-refractivity contribution in [3.63, 3.8) is 0 Å². The van der Waals surface area contributed by atoms with Crippen LogP contribution in [0.3, 0.4) is 0 Å². The van der Waals surface area contributed by atoms with Crippen molar-refractivity contribution in [2.45, 2.75) is 12.5 Å². The molecule has 1 atom stereocenters. The Hall–Kier alpha value is -1.07. The lowest BCUT2D eigenvalue weighted by Crippen LogP contribution is -2.35. The summed E-state index contributed by atoms with van der Waals surface area (Å²) in [4.78, 5) is 10.8. The number of anilines is 1. The average Bonchev–Trinajstić information content (AvgIpc) is 2.46. The second-order valence-corrected chi connectivity index (χ2v) is 3.99. The second kappa shape index (κ2) is 3.25. The van der Waals surface area contributed by atoms with Crippen LogP contribution >= 0.6 is 15.9 Å². The monoisotopic (exact) mass is 257 g/mol. The number of rotatable bonds is 1. The molecule has 0 bridgehead atoms. The number of hydrogen-bond acceptors (Lipinski definition) is 3. The van der Waals surface area contributed by atoms with E-state index in [0.29, 0.717) is 12.1 Å². The largest absolute Gasteiger partial charge is 0.480 e. The van der Waals surface area contributed by atoms with Crippen LogP contribution in [-0.4, -0.2) is 22.3 Å². The minimum atomic E-state index is -1.02. The number of carbonyl (C=O) groups is 1. The first kappa shape index (κ1) is 9.48. The van der Waals surface area contributed by atoms with E-state index in [-0.39, 0.29) is 0 Å². The van der Waals surface area contributed by atoms with E-state index in [4.69, 9.17) is 5.11 Å². The SMILES string of the molecule is O=C(O)C1Cc2c(Br)cccc2N1O. The molecule has 2 rings (SSSR count). The van der Waals surface area contributed by atoms with Gasteiger partial charge in [-0.3, -0.25) is 5.21 Å². The van der Waals surface area contributed by atoms with E-state index in [2.05, 4.69) is 15.9 Å². The highest BCUT2D eigenvalue weighted by atomic mass is 79.9. The van der Waals surface area contributed by atoms with Crippen LogP contribution in [0.15, 0.2) is 22.7 Å². The van der Waals surface area contributed by atoms with E-state index < -0.39 is 12.0 Å². The zero-order valence-corrected chi connectivity index (χ0v) is 8.73. The summed E-state index contributed by atoms with van der Waals surface area (Å²) in [6, 6.07) is 4.42. The standard InChI is InChI=1S/C9H8BrNO3/c10-6-2-1-3-7-5(6)4-8(9(12)13)11(7)14/h1-3,8,14H,4H2,(H,12,13). The molecule has 0 saturated heterocycles. The van der Waals surface area contributed by atoms with Gasteiger partial charge in [-0.25, -0.2) is 9.86 Å². The Morgan fingerprint density at radius 3 is 2.86 bits per heavy atom. The lowest BCUT2D eigenvalue weighted by atomic mass is 10.1. The van der Waals surface area contributed by atoms with Gasteiger partial charge in [-0.2, -0.15) is 0 Å². The van der Waals surface area contributed by atoms with Gasteiger partial charge >= 0.3 is 5.97 Å². The van der Waals surface area contributed by atoms with Crippen LogP contribution in [0.5, 0.6) is 0 Å². The first-order valence-corrected chi connectivity index (χ1v) is 4.89. The number of benzene rings is 1. The topological polar surface area (TPSA) is 60.8 Å². The molecular formula is C9H8BrNO3. The molecule has 2 N–H and O–H groups in total. The van der Waals surface area contributed by atoms with Gasteiger partial charge in [0, 0.05) is 10.9 Å². The van der Waals surface area contributed by atoms with Crippen molar-refractivity contribution in [3.05, 3.63) is 28.2 Å². The highest BCUT2D eigenvalue weighted by molar-refractivity contribution is 9.10. The van der Waals surface area contributed by atoms with Crippen molar-refractivity contribution in [2.24, 2.45) is 0 Å². The first-order chi connectivity index (χ1) is 6.61. The van der Waals surface area contributed by atoms with Crippen LogP contribution in [0.25, 0.3) is 0 Å². The van der Waals surface area contributed by atoms with Gasteiger partial charge in [-0.1, -0.05) is 22.0 Å². The quantitative estimate of drug-likeness (QED) is 0.804. The summed E-state index contributed by atoms with van der Waals surface area (Å²) in [7, 11) is 0. The number of hydroxylamine groups is 1. The van der Waals surface area contributed by atoms with Crippen LogP contribution in [0, 0.1) is 0 Å². The van der Waals surface area contributed by atoms with Crippen LogP contribution < -0.4 is 5.06 Å². The molecule has 1 aliphatic heterocycles. The fourth-order valence-electron chi connectivity index (χ4n) is 1.60. The number of hydrogen-bond donors (Lipinski definition) is 2. The fourth-order valence-corrected chi connectivity index (χ4v) is 2.12. The average molecular weight is 258 g/mol. The molecule has 0 aliphatic carbocycles. The fraction of sp³-hybridized carbons (Fsp3) is 0.222. The molecule has 0 saturated carbocycles. The zero-order valence-electron chi connectivity index (χ0n) is 7.14. The molecule has 1 unspecified atom stereocenters. The Morgan fingerprint density at radius 1 is 1.57 bits per heavy atom. The maximum atomic E-state index is 10.8. The minimum Gasteiger partial charge on any atom is -0.480 e. The van der Waals surface area contributed by atoms with Gasteiger partial charge in [0.15, 0.2) is 6.04 Å². The molecule has 0 radical (unpaired) electrons. The zero-order chi connectivity index (χ0) is 10.3. The van der Waals surface area contributed by atoms with Crippen LogP contribution in [0.2, 0.25) is 0 Å². The van der Waals surface area contributed by atoms with Gasteiger partial charge < -0.3 is 5.11 Å². The molecule has 4 nitrogen and oxygen atoms in total. The van der Waals surface area contributed by atoms with Gasteiger partial charge in [-0.15, -0.1) is 0 Å². The van der Waals surface area contributed by atoms with Crippen LogP contribution in [0.4, 0.5) is 5.69 Å². The third kappa shape index (κ3) is 1.29. The highest BCUT2D eigenvalue weighted by Gasteiger charge is 2.34.